The molecule has 0 aliphatic carbocycles. The molecule has 2 heterocycles. The summed E-state index contributed by atoms with van der Waals surface area (Å²) in [7, 11) is 0. The minimum Gasteiger partial charge on any atom is -0.444 e. The first-order valence-corrected chi connectivity index (χ1v) is 11.1. The molecule has 1 aliphatic rings. The molecule has 9 heteroatoms. The van der Waals surface area contributed by atoms with Gasteiger partial charge in [-0.1, -0.05) is 35.3 Å². The van der Waals surface area contributed by atoms with Gasteiger partial charge in [0, 0.05) is 30.7 Å². The van der Waals surface area contributed by atoms with Crippen LogP contribution >= 0.6 is 23.2 Å². The van der Waals surface area contributed by atoms with Crippen LogP contribution in [0.25, 0.3) is 11.3 Å². The summed E-state index contributed by atoms with van der Waals surface area (Å²) >= 11 is 12.8. The lowest BCUT2D eigenvalue weighted by Gasteiger charge is -2.45. The number of pyridine rings is 1. The predicted octanol–water partition coefficient (Wildman–Crippen LogP) is 5.85. The fourth-order valence-electron chi connectivity index (χ4n) is 3.64. The van der Waals surface area contributed by atoms with Crippen molar-refractivity contribution in [2.75, 3.05) is 13.1 Å². The molecular weight excluding hydrogens is 454 g/mol. The zero-order chi connectivity index (χ0) is 23.8. The third-order valence-corrected chi connectivity index (χ3v) is 5.79. The van der Waals surface area contributed by atoms with Gasteiger partial charge in [0.1, 0.15) is 22.4 Å². The van der Waals surface area contributed by atoms with E-state index in [9.17, 15) is 9.18 Å². The van der Waals surface area contributed by atoms with Crippen molar-refractivity contribution in [1.82, 2.24) is 14.8 Å². The number of amidine groups is 1. The molecule has 6 nitrogen and oxygen atoms in total. The van der Waals surface area contributed by atoms with Gasteiger partial charge >= 0.3 is 6.09 Å². The van der Waals surface area contributed by atoms with Gasteiger partial charge in [-0.25, -0.2) is 14.2 Å². The number of hydrogen-bond donors (Lipinski definition) is 1. The van der Waals surface area contributed by atoms with Crippen molar-refractivity contribution >= 4 is 35.1 Å². The lowest BCUT2D eigenvalue weighted by Crippen LogP contribution is -2.60. The maximum absolute atomic E-state index is 14.2. The molecule has 0 bridgehead atoms. The van der Waals surface area contributed by atoms with Gasteiger partial charge in [-0.2, -0.15) is 0 Å². The Morgan fingerprint density at radius 1 is 1.16 bits per heavy atom. The number of carbonyl (C=O) groups excluding carboxylic acids is 1. The van der Waals surface area contributed by atoms with Crippen LogP contribution in [0.1, 0.15) is 40.2 Å². The number of rotatable bonds is 2. The van der Waals surface area contributed by atoms with Gasteiger partial charge in [-0.05, 0) is 52.8 Å². The average Bonchev–Trinajstić information content (AvgIpc) is 2.69. The molecule has 1 amide bonds. The first-order valence-electron chi connectivity index (χ1n) is 10.3. The second kappa shape index (κ2) is 9.24. The zero-order valence-corrected chi connectivity index (χ0v) is 20.3. The second-order valence-corrected chi connectivity index (χ2v) is 9.73. The van der Waals surface area contributed by atoms with Crippen molar-refractivity contribution < 1.29 is 13.9 Å². The number of halogens is 3. The SMILES string of the molecule is CC1CN(C(=O)OC(C)(C)C)C(C)CN1C(=N)c1cc(Cl)c(-c2ccccc2F)nc1Cl. The fourth-order valence-corrected chi connectivity index (χ4v) is 4.12. The Labute approximate surface area is 197 Å². The summed E-state index contributed by atoms with van der Waals surface area (Å²) in [6.07, 6.45) is -0.375. The molecule has 1 aliphatic heterocycles. The van der Waals surface area contributed by atoms with Gasteiger partial charge in [0.05, 0.1) is 16.3 Å². The van der Waals surface area contributed by atoms with Crippen molar-refractivity contribution in [3.63, 3.8) is 0 Å². The maximum atomic E-state index is 14.2. The molecule has 1 saturated heterocycles. The fraction of sp³-hybridized carbons (Fsp3) is 0.435. The number of nitrogens with zero attached hydrogens (tertiary/aromatic N) is 3. The van der Waals surface area contributed by atoms with Crippen molar-refractivity contribution in [2.24, 2.45) is 0 Å². The standard InChI is InChI=1S/C23H27Cl2FN4O2/c1-13-12-30(22(31)32-23(3,4)5)14(2)11-29(13)21(27)16-10-17(24)19(28-20(16)25)15-8-6-7-9-18(15)26/h6-10,13-14,27H,11-12H2,1-5H3. The molecule has 0 radical (unpaired) electrons. The topological polar surface area (TPSA) is 69.5 Å². The molecular formula is C23H27Cl2FN4O2. The highest BCUT2D eigenvalue weighted by Gasteiger charge is 2.36. The van der Waals surface area contributed by atoms with Gasteiger partial charge in [0.15, 0.2) is 0 Å². The largest absolute Gasteiger partial charge is 0.444 e. The first-order chi connectivity index (χ1) is 14.9. The quantitative estimate of drug-likeness (QED) is 0.332. The van der Waals surface area contributed by atoms with E-state index in [1.807, 2.05) is 39.5 Å². The molecule has 2 atom stereocenters. The molecule has 32 heavy (non-hydrogen) atoms. The van der Waals surface area contributed by atoms with Gasteiger partial charge in [0.25, 0.3) is 0 Å². The Hall–Kier alpha value is -2.38. The van der Waals surface area contributed by atoms with Crippen LogP contribution in [-0.2, 0) is 4.74 Å². The Morgan fingerprint density at radius 3 is 2.38 bits per heavy atom. The third-order valence-electron chi connectivity index (χ3n) is 5.21. The van der Waals surface area contributed by atoms with E-state index in [0.29, 0.717) is 18.7 Å². The monoisotopic (exact) mass is 480 g/mol. The van der Waals surface area contributed by atoms with Crippen LogP contribution < -0.4 is 0 Å². The van der Waals surface area contributed by atoms with Gasteiger partial charge < -0.3 is 14.5 Å². The van der Waals surface area contributed by atoms with Crippen LogP contribution in [0.15, 0.2) is 30.3 Å². The van der Waals surface area contributed by atoms with Gasteiger partial charge in [-0.3, -0.25) is 5.41 Å². The average molecular weight is 481 g/mol. The lowest BCUT2D eigenvalue weighted by atomic mass is 10.1. The van der Waals surface area contributed by atoms with Crippen molar-refractivity contribution in [3.05, 3.63) is 51.9 Å². The molecule has 1 N–H and O–H groups in total. The van der Waals surface area contributed by atoms with Crippen molar-refractivity contribution in [2.45, 2.75) is 52.3 Å². The van der Waals surface area contributed by atoms with E-state index in [0.717, 1.165) is 0 Å². The molecule has 0 saturated carbocycles. The number of aromatic nitrogens is 1. The molecule has 1 fully saturated rings. The Kier molecular flexibility index (Phi) is 7.00. The summed E-state index contributed by atoms with van der Waals surface area (Å²) in [6.45, 7) is 10.1. The summed E-state index contributed by atoms with van der Waals surface area (Å²) < 4.78 is 19.7. The van der Waals surface area contributed by atoms with Crippen LogP contribution in [0.3, 0.4) is 0 Å². The summed E-state index contributed by atoms with van der Waals surface area (Å²) in [6, 6.07) is 7.37. The zero-order valence-electron chi connectivity index (χ0n) is 18.7. The summed E-state index contributed by atoms with van der Waals surface area (Å²) in [5.74, 6) is -0.311. The van der Waals surface area contributed by atoms with E-state index in [1.54, 1.807) is 29.2 Å². The summed E-state index contributed by atoms with van der Waals surface area (Å²) in [4.78, 5) is 20.4. The summed E-state index contributed by atoms with van der Waals surface area (Å²) in [5.41, 5.74) is 0.231. The number of piperazine rings is 1. The van der Waals surface area contributed by atoms with Crippen LogP contribution in [0.5, 0.6) is 0 Å². The number of hydrogen-bond acceptors (Lipinski definition) is 4. The maximum Gasteiger partial charge on any atom is 0.410 e. The van der Waals surface area contributed by atoms with Crippen molar-refractivity contribution in [3.8, 4) is 11.3 Å². The first kappa shape index (κ1) is 24.3. The van der Waals surface area contributed by atoms with E-state index in [4.69, 9.17) is 33.3 Å². The molecule has 1 aromatic heterocycles. The highest BCUT2D eigenvalue weighted by Crippen LogP contribution is 2.32. The number of benzene rings is 1. The third kappa shape index (κ3) is 5.15. The summed E-state index contributed by atoms with van der Waals surface area (Å²) in [5, 5.41) is 9.01. The molecule has 1 aromatic carbocycles. The second-order valence-electron chi connectivity index (χ2n) is 8.97. The Morgan fingerprint density at radius 2 is 1.75 bits per heavy atom. The van der Waals surface area contributed by atoms with E-state index < -0.39 is 11.4 Å². The molecule has 2 unspecified atom stereocenters. The molecule has 0 spiro atoms. The molecule has 172 valence electrons. The van der Waals surface area contributed by atoms with Gasteiger partial charge in [0.2, 0.25) is 0 Å². The number of ether oxygens (including phenoxy) is 1. The Bertz CT molecular complexity index is 1040. The number of amides is 1. The highest BCUT2D eigenvalue weighted by molar-refractivity contribution is 6.36. The minimum absolute atomic E-state index is 0.0621. The highest BCUT2D eigenvalue weighted by atomic mass is 35.5. The smallest absolute Gasteiger partial charge is 0.410 e. The normalized spacial score (nSPS) is 19.1. The predicted molar refractivity (Wildman–Crippen MR) is 125 cm³/mol. The van der Waals surface area contributed by atoms with E-state index in [1.165, 1.54) is 6.07 Å². The lowest BCUT2D eigenvalue weighted by molar-refractivity contribution is 0.000408. The number of nitrogens with one attached hydrogen (secondary N) is 1. The van der Waals surface area contributed by atoms with Crippen LogP contribution in [0.2, 0.25) is 10.2 Å². The Balaban J connectivity index is 1.83. The minimum atomic E-state index is -0.584. The van der Waals surface area contributed by atoms with Crippen LogP contribution in [0, 0.1) is 11.2 Å². The molecule has 3 rings (SSSR count). The van der Waals surface area contributed by atoms with Crippen LogP contribution in [-0.4, -0.2) is 57.5 Å². The van der Waals surface area contributed by atoms with Crippen LogP contribution in [0.4, 0.5) is 9.18 Å². The number of carbonyl (C=O) groups is 1. The van der Waals surface area contributed by atoms with E-state index in [-0.39, 0.29) is 45.4 Å². The molecule has 2 aromatic rings. The van der Waals surface area contributed by atoms with Gasteiger partial charge in [-0.15, -0.1) is 0 Å². The van der Waals surface area contributed by atoms with E-state index >= 15 is 0 Å². The van der Waals surface area contributed by atoms with E-state index in [2.05, 4.69) is 4.98 Å². The van der Waals surface area contributed by atoms with Crippen molar-refractivity contribution in [1.29, 1.82) is 5.41 Å².